The maximum absolute atomic E-state index is 3.61. The summed E-state index contributed by atoms with van der Waals surface area (Å²) in [6, 6.07) is 10.2. The Morgan fingerprint density at radius 1 is 1.00 bits per heavy atom. The predicted octanol–water partition coefficient (Wildman–Crippen LogP) is 4.87. The minimum Gasteiger partial charge on any atom is -0.351 e. The van der Waals surface area contributed by atoms with Crippen molar-refractivity contribution in [3.05, 3.63) is 55.3 Å². The third-order valence-corrected chi connectivity index (χ3v) is 1.61. The van der Waals surface area contributed by atoms with Crippen LogP contribution in [0.1, 0.15) is 27.7 Å². The lowest BCUT2D eigenvalue weighted by Gasteiger charge is -2.12. The van der Waals surface area contributed by atoms with Crippen molar-refractivity contribution in [2.45, 2.75) is 27.7 Å². The number of anilines is 1. The highest BCUT2D eigenvalue weighted by Crippen LogP contribution is 2.10. The molecule has 0 aliphatic rings. The van der Waals surface area contributed by atoms with Gasteiger partial charge in [-0.2, -0.15) is 0 Å². The van der Waals surface area contributed by atoms with E-state index < -0.39 is 0 Å². The van der Waals surface area contributed by atoms with Gasteiger partial charge < -0.3 is 4.90 Å². The van der Waals surface area contributed by atoms with Gasteiger partial charge in [0.1, 0.15) is 0 Å². The fourth-order valence-electron chi connectivity index (χ4n) is 0.939. The summed E-state index contributed by atoms with van der Waals surface area (Å²) in [5.74, 6) is 0. The Bertz CT molecular complexity index is 262. The Balaban J connectivity index is 0. The topological polar surface area (TPSA) is 3.24 Å². The molecule has 1 rings (SSSR count). The van der Waals surface area contributed by atoms with E-state index in [1.165, 1.54) is 5.69 Å². The largest absolute Gasteiger partial charge is 0.351 e. The second kappa shape index (κ2) is 13.5. The molecule has 0 radical (unpaired) electrons. The Labute approximate surface area is 101 Å². The van der Waals surface area contributed by atoms with Crippen molar-refractivity contribution in [3.63, 3.8) is 0 Å². The summed E-state index contributed by atoms with van der Waals surface area (Å²) in [5, 5.41) is 0. The van der Waals surface area contributed by atoms with Crippen molar-refractivity contribution < 1.29 is 0 Å². The van der Waals surface area contributed by atoms with Crippen LogP contribution in [0.2, 0.25) is 0 Å². The first kappa shape index (κ1) is 16.9. The van der Waals surface area contributed by atoms with Crippen LogP contribution in [0.25, 0.3) is 0 Å². The molecular formula is C15H25N. The molecule has 0 saturated heterocycles. The van der Waals surface area contributed by atoms with Crippen molar-refractivity contribution in [1.82, 2.24) is 0 Å². The molecule has 0 aromatic heterocycles. The van der Waals surface area contributed by atoms with Crippen molar-refractivity contribution in [1.29, 1.82) is 0 Å². The molecule has 0 unspecified atom stereocenters. The molecule has 1 aromatic rings. The van der Waals surface area contributed by atoms with Crippen LogP contribution in [0.5, 0.6) is 0 Å². The number of benzene rings is 1. The first-order valence-corrected chi connectivity index (χ1v) is 5.91. The molecule has 0 fully saturated rings. The first-order chi connectivity index (χ1) is 7.84. The fraction of sp³-hybridized carbons (Fsp3) is 0.333. The predicted molar refractivity (Wildman–Crippen MR) is 76.9 cm³/mol. The third kappa shape index (κ3) is 7.86. The van der Waals surface area contributed by atoms with Gasteiger partial charge in [-0.1, -0.05) is 58.5 Å². The van der Waals surface area contributed by atoms with Crippen LogP contribution in [-0.2, 0) is 0 Å². The zero-order valence-corrected chi connectivity index (χ0v) is 11.3. The molecule has 90 valence electrons. The Hall–Kier alpha value is -1.50. The molecule has 0 heterocycles. The average Bonchev–Trinajstić information content (AvgIpc) is 2.41. The molecule has 16 heavy (non-hydrogen) atoms. The number of hydrogen-bond donors (Lipinski definition) is 0. The molecule has 1 aromatic carbocycles. The Morgan fingerprint density at radius 3 is 1.94 bits per heavy atom. The van der Waals surface area contributed by atoms with Gasteiger partial charge in [0.25, 0.3) is 0 Å². The summed E-state index contributed by atoms with van der Waals surface area (Å²) in [5.41, 5.74) is 1.18. The summed E-state index contributed by atoms with van der Waals surface area (Å²) in [6.45, 7) is 11.6. The highest BCUT2D eigenvalue weighted by Gasteiger charge is 1.91. The normalized spacial score (nSPS) is 8.31. The molecule has 1 heteroatoms. The molecular weight excluding hydrogens is 194 g/mol. The van der Waals surface area contributed by atoms with Crippen LogP contribution in [-0.4, -0.2) is 7.05 Å². The SMILES string of the molecule is C=C/C=C\N(C)c1ccccc1.CC.CC. The summed E-state index contributed by atoms with van der Waals surface area (Å²) in [6.07, 6.45) is 5.65. The van der Waals surface area contributed by atoms with E-state index >= 15 is 0 Å². The van der Waals surface area contributed by atoms with E-state index in [4.69, 9.17) is 0 Å². The summed E-state index contributed by atoms with van der Waals surface area (Å²) >= 11 is 0. The van der Waals surface area contributed by atoms with Crippen LogP contribution in [0.15, 0.2) is 55.3 Å². The lowest BCUT2D eigenvalue weighted by Crippen LogP contribution is -2.06. The maximum atomic E-state index is 3.61. The van der Waals surface area contributed by atoms with Gasteiger partial charge in [0.15, 0.2) is 0 Å². The van der Waals surface area contributed by atoms with E-state index in [9.17, 15) is 0 Å². The molecule has 0 spiro atoms. The number of rotatable bonds is 3. The molecule has 0 N–H and O–H groups in total. The van der Waals surface area contributed by atoms with Crippen LogP contribution in [0, 0.1) is 0 Å². The molecule has 0 aliphatic carbocycles. The number of hydrogen-bond acceptors (Lipinski definition) is 1. The van der Waals surface area contributed by atoms with Gasteiger partial charge in [0.2, 0.25) is 0 Å². The van der Waals surface area contributed by atoms with Gasteiger partial charge in [0.05, 0.1) is 0 Å². The second-order valence-corrected chi connectivity index (χ2v) is 2.52. The van der Waals surface area contributed by atoms with E-state index in [1.807, 2.05) is 70.1 Å². The minimum absolute atomic E-state index is 1.18. The third-order valence-electron chi connectivity index (χ3n) is 1.61. The molecule has 1 nitrogen and oxygen atoms in total. The molecule has 0 amide bonds. The maximum Gasteiger partial charge on any atom is 0.0403 e. The first-order valence-electron chi connectivity index (χ1n) is 5.91. The van der Waals surface area contributed by atoms with E-state index in [1.54, 1.807) is 6.08 Å². The van der Waals surface area contributed by atoms with E-state index in [0.717, 1.165) is 0 Å². The average molecular weight is 219 g/mol. The van der Waals surface area contributed by atoms with Gasteiger partial charge in [-0.15, -0.1) is 0 Å². The second-order valence-electron chi connectivity index (χ2n) is 2.52. The molecule has 0 aliphatic heterocycles. The molecule has 0 atom stereocenters. The van der Waals surface area contributed by atoms with Gasteiger partial charge in [0, 0.05) is 18.9 Å². The van der Waals surface area contributed by atoms with Crippen LogP contribution in [0.4, 0.5) is 5.69 Å². The number of allylic oxidation sites excluding steroid dienone is 2. The lowest BCUT2D eigenvalue weighted by atomic mass is 10.3. The molecule has 0 saturated carbocycles. The summed E-state index contributed by atoms with van der Waals surface area (Å²) in [4.78, 5) is 2.04. The monoisotopic (exact) mass is 219 g/mol. The zero-order chi connectivity index (χ0) is 12.8. The van der Waals surface area contributed by atoms with Gasteiger partial charge in [-0.05, 0) is 18.2 Å². The minimum atomic E-state index is 1.18. The van der Waals surface area contributed by atoms with E-state index in [2.05, 4.69) is 18.7 Å². The smallest absolute Gasteiger partial charge is 0.0403 e. The van der Waals surface area contributed by atoms with E-state index in [-0.39, 0.29) is 0 Å². The standard InChI is InChI=1S/C11H13N.2C2H6/c1-3-4-10-12(2)11-8-6-5-7-9-11;2*1-2/h3-10H,1H2,2H3;2*1-2H3/b10-4-;;. The Morgan fingerprint density at radius 2 is 1.50 bits per heavy atom. The van der Waals surface area contributed by atoms with E-state index in [0.29, 0.717) is 0 Å². The quantitative estimate of drug-likeness (QED) is 0.655. The highest BCUT2D eigenvalue weighted by atomic mass is 15.1. The van der Waals surface area contributed by atoms with Crippen LogP contribution >= 0.6 is 0 Å². The van der Waals surface area contributed by atoms with Crippen molar-refractivity contribution in [3.8, 4) is 0 Å². The highest BCUT2D eigenvalue weighted by molar-refractivity contribution is 5.47. The lowest BCUT2D eigenvalue weighted by molar-refractivity contribution is 1.20. The summed E-state index contributed by atoms with van der Waals surface area (Å²) in [7, 11) is 2.01. The summed E-state index contributed by atoms with van der Waals surface area (Å²) < 4.78 is 0. The van der Waals surface area contributed by atoms with Crippen molar-refractivity contribution in [2.75, 3.05) is 11.9 Å². The fourth-order valence-corrected chi connectivity index (χ4v) is 0.939. The van der Waals surface area contributed by atoms with Gasteiger partial charge in [-0.3, -0.25) is 0 Å². The zero-order valence-electron chi connectivity index (χ0n) is 11.3. The van der Waals surface area contributed by atoms with Gasteiger partial charge >= 0.3 is 0 Å². The number of nitrogens with zero attached hydrogens (tertiary/aromatic N) is 1. The van der Waals surface area contributed by atoms with Crippen LogP contribution in [0.3, 0.4) is 0 Å². The Kier molecular flexibility index (Phi) is 14.3. The molecule has 0 bridgehead atoms. The van der Waals surface area contributed by atoms with Crippen molar-refractivity contribution >= 4 is 5.69 Å². The number of para-hydroxylation sites is 1. The van der Waals surface area contributed by atoms with Gasteiger partial charge in [-0.25, -0.2) is 0 Å². The van der Waals surface area contributed by atoms with Crippen molar-refractivity contribution in [2.24, 2.45) is 0 Å². The van der Waals surface area contributed by atoms with Crippen LogP contribution < -0.4 is 4.90 Å².